The van der Waals surface area contributed by atoms with E-state index in [1.54, 1.807) is 20.8 Å². The summed E-state index contributed by atoms with van der Waals surface area (Å²) >= 11 is 5.95. The van der Waals surface area contributed by atoms with E-state index < -0.39 is 29.8 Å². The van der Waals surface area contributed by atoms with Crippen LogP contribution in [0.2, 0.25) is 5.15 Å². The predicted molar refractivity (Wildman–Crippen MR) is 138 cm³/mol. The minimum absolute atomic E-state index is 0.00576. The first-order valence-electron chi connectivity index (χ1n) is 13.0. The zero-order valence-corrected chi connectivity index (χ0v) is 22.7. The van der Waals surface area contributed by atoms with E-state index in [2.05, 4.69) is 20.3 Å². The number of fused-ring (bicyclic) bond motifs is 1. The molecule has 38 heavy (non-hydrogen) atoms. The summed E-state index contributed by atoms with van der Waals surface area (Å²) < 4.78 is 40.9. The fraction of sp³-hybridized carbons (Fsp3) is 0.680. The number of β-amino-alcohol motifs (C(OH)–C–C–N with tert-alkyl or cyclic N) is 1. The second-order valence-corrected chi connectivity index (χ2v) is 11.2. The molecule has 4 rings (SSSR count). The molecule has 210 valence electrons. The number of ether oxygens (including phenoxy) is 2. The lowest BCUT2D eigenvalue weighted by Gasteiger charge is -2.36. The molecule has 13 heteroatoms. The Kier molecular flexibility index (Phi) is 9.04. The molecule has 3 atom stereocenters. The van der Waals surface area contributed by atoms with Gasteiger partial charge in [-0.3, -0.25) is 5.01 Å². The van der Waals surface area contributed by atoms with Gasteiger partial charge in [0, 0.05) is 19.3 Å². The maximum absolute atomic E-state index is 15.1. The van der Waals surface area contributed by atoms with Crippen molar-refractivity contribution in [2.45, 2.75) is 70.8 Å². The number of rotatable bonds is 4. The van der Waals surface area contributed by atoms with Gasteiger partial charge in [-0.05, 0) is 65.3 Å². The standard InChI is InChI=1S/C25H35ClF2N6O4/c1-25(2,3)38-24(36)33-9-5-7-17(35)13-34(33)22-18-12-30-21(26)19(28)20(18)31-23(32-22)37-14-15-6-4-8-29-11-16(27)10-15/h12,15-17,29,35H,4-11,13-14H2,1-3H3/t15-,16-,17?/m1/s1. The number of carbonyl (C=O) groups is 1. The zero-order valence-electron chi connectivity index (χ0n) is 21.9. The van der Waals surface area contributed by atoms with Crippen molar-refractivity contribution in [3.8, 4) is 6.01 Å². The topological polar surface area (TPSA) is 113 Å². The molecular weight excluding hydrogens is 522 g/mol. The molecule has 0 spiro atoms. The molecule has 2 N–H and O–H groups in total. The molecule has 2 aromatic rings. The number of hydrogen-bond donors (Lipinski definition) is 2. The monoisotopic (exact) mass is 556 g/mol. The van der Waals surface area contributed by atoms with E-state index in [0.29, 0.717) is 25.8 Å². The van der Waals surface area contributed by atoms with Crippen LogP contribution >= 0.6 is 11.6 Å². The lowest BCUT2D eigenvalue weighted by Crippen LogP contribution is -2.50. The number of anilines is 1. The van der Waals surface area contributed by atoms with Crippen LogP contribution in [0, 0.1) is 11.7 Å². The Morgan fingerprint density at radius 1 is 1.29 bits per heavy atom. The number of pyridine rings is 1. The van der Waals surface area contributed by atoms with Crippen molar-refractivity contribution in [2.24, 2.45) is 5.92 Å². The molecule has 4 heterocycles. The number of aliphatic hydroxyl groups excluding tert-OH is 1. The summed E-state index contributed by atoms with van der Waals surface area (Å²) in [6.07, 6.45) is 1.80. The van der Waals surface area contributed by atoms with Gasteiger partial charge in [0.1, 0.15) is 17.3 Å². The van der Waals surface area contributed by atoms with Crippen LogP contribution in [0.4, 0.5) is 19.4 Å². The highest BCUT2D eigenvalue weighted by molar-refractivity contribution is 6.30. The fourth-order valence-corrected chi connectivity index (χ4v) is 4.77. The highest BCUT2D eigenvalue weighted by atomic mass is 35.5. The molecule has 1 amide bonds. The number of nitrogens with one attached hydrogen (secondary N) is 1. The van der Waals surface area contributed by atoms with Crippen LogP contribution in [0.15, 0.2) is 6.20 Å². The van der Waals surface area contributed by atoms with Crippen molar-refractivity contribution in [3.05, 3.63) is 17.2 Å². The number of hydrazine groups is 1. The van der Waals surface area contributed by atoms with E-state index in [9.17, 15) is 14.3 Å². The molecule has 10 nitrogen and oxygen atoms in total. The average molecular weight is 557 g/mol. The molecule has 2 fully saturated rings. The molecule has 2 aromatic heterocycles. The number of alkyl halides is 1. The summed E-state index contributed by atoms with van der Waals surface area (Å²) in [5, 5.41) is 16.3. The van der Waals surface area contributed by atoms with Gasteiger partial charge < -0.3 is 19.9 Å². The van der Waals surface area contributed by atoms with E-state index in [1.165, 1.54) is 16.2 Å². The molecule has 1 unspecified atom stereocenters. The lowest BCUT2D eigenvalue weighted by molar-refractivity contribution is 0.0226. The Hall–Kier alpha value is -2.57. The smallest absolute Gasteiger partial charge is 0.429 e. The number of carbonyl (C=O) groups excluding carboxylic acids is 1. The number of aliphatic hydroxyl groups is 1. The predicted octanol–water partition coefficient (Wildman–Crippen LogP) is 4.04. The van der Waals surface area contributed by atoms with Gasteiger partial charge in [0.2, 0.25) is 0 Å². The average Bonchev–Trinajstić information content (AvgIpc) is 3.03. The minimum atomic E-state index is -1.000. The number of halogens is 3. The first-order chi connectivity index (χ1) is 18.0. The Bertz CT molecular complexity index is 1140. The first-order valence-corrected chi connectivity index (χ1v) is 13.3. The van der Waals surface area contributed by atoms with E-state index in [1.807, 2.05) is 0 Å². The van der Waals surface area contributed by atoms with Crippen molar-refractivity contribution < 1.29 is 28.2 Å². The lowest BCUT2D eigenvalue weighted by atomic mass is 9.96. The van der Waals surface area contributed by atoms with E-state index >= 15 is 4.39 Å². The summed E-state index contributed by atoms with van der Waals surface area (Å²) in [6.45, 7) is 6.65. The summed E-state index contributed by atoms with van der Waals surface area (Å²) in [6, 6.07) is -0.146. The van der Waals surface area contributed by atoms with Gasteiger partial charge in [0.25, 0.3) is 0 Å². The van der Waals surface area contributed by atoms with Gasteiger partial charge in [-0.15, -0.1) is 0 Å². The fourth-order valence-electron chi connectivity index (χ4n) is 4.63. The Morgan fingerprint density at radius 2 is 2.08 bits per heavy atom. The normalized spacial score (nSPS) is 23.5. The van der Waals surface area contributed by atoms with Crippen molar-refractivity contribution in [2.75, 3.05) is 37.8 Å². The van der Waals surface area contributed by atoms with Crippen LogP contribution in [0.3, 0.4) is 0 Å². The van der Waals surface area contributed by atoms with Crippen molar-refractivity contribution in [1.29, 1.82) is 0 Å². The maximum Gasteiger partial charge on any atom is 0.429 e. The first kappa shape index (κ1) is 28.4. The summed E-state index contributed by atoms with van der Waals surface area (Å²) in [7, 11) is 0. The highest BCUT2D eigenvalue weighted by Crippen LogP contribution is 2.33. The van der Waals surface area contributed by atoms with Gasteiger partial charge in [0.15, 0.2) is 16.8 Å². The second kappa shape index (κ2) is 12.1. The molecule has 0 bridgehead atoms. The minimum Gasteiger partial charge on any atom is -0.463 e. The molecule has 2 aliphatic rings. The summed E-state index contributed by atoms with van der Waals surface area (Å²) in [4.78, 5) is 25.9. The zero-order chi connectivity index (χ0) is 27.4. The Balaban J connectivity index is 1.72. The largest absolute Gasteiger partial charge is 0.463 e. The highest BCUT2D eigenvalue weighted by Gasteiger charge is 2.33. The van der Waals surface area contributed by atoms with Gasteiger partial charge in [-0.1, -0.05) is 11.6 Å². The number of amides is 1. The molecule has 2 aliphatic heterocycles. The van der Waals surface area contributed by atoms with E-state index in [-0.39, 0.29) is 53.5 Å². The van der Waals surface area contributed by atoms with Crippen LogP contribution < -0.4 is 15.1 Å². The molecule has 0 radical (unpaired) electrons. The van der Waals surface area contributed by atoms with Gasteiger partial charge in [-0.25, -0.2) is 23.6 Å². The Morgan fingerprint density at radius 3 is 2.84 bits per heavy atom. The van der Waals surface area contributed by atoms with Crippen molar-refractivity contribution >= 4 is 34.4 Å². The van der Waals surface area contributed by atoms with Crippen LogP contribution in [0.1, 0.15) is 52.9 Å². The van der Waals surface area contributed by atoms with E-state index in [0.717, 1.165) is 19.4 Å². The molecule has 2 saturated heterocycles. The number of hydrogen-bond acceptors (Lipinski definition) is 9. The summed E-state index contributed by atoms with van der Waals surface area (Å²) in [5.74, 6) is -0.818. The summed E-state index contributed by atoms with van der Waals surface area (Å²) in [5.41, 5.74) is -0.906. The SMILES string of the molecule is CC(C)(C)OC(=O)N1CCCC(O)CN1c1nc(OC[C@@H]2CCCNC[C@H](F)C2)nc2c(F)c(Cl)ncc12. The molecule has 0 aromatic carbocycles. The molecule has 0 saturated carbocycles. The third-order valence-electron chi connectivity index (χ3n) is 6.40. The van der Waals surface area contributed by atoms with Gasteiger partial charge >= 0.3 is 12.1 Å². The van der Waals surface area contributed by atoms with Gasteiger partial charge in [0.05, 0.1) is 24.6 Å². The molecule has 0 aliphatic carbocycles. The quantitative estimate of drug-likeness (QED) is 0.539. The third kappa shape index (κ3) is 7.09. The van der Waals surface area contributed by atoms with Crippen LogP contribution in [-0.4, -0.2) is 81.8 Å². The number of aromatic nitrogens is 3. The number of nitrogens with zero attached hydrogens (tertiary/aromatic N) is 5. The molecular formula is C25H35ClF2N6O4. The van der Waals surface area contributed by atoms with E-state index in [4.69, 9.17) is 21.1 Å². The van der Waals surface area contributed by atoms with Crippen LogP contribution in [-0.2, 0) is 4.74 Å². The Labute approximate surface area is 225 Å². The maximum atomic E-state index is 15.1. The van der Waals surface area contributed by atoms with Crippen molar-refractivity contribution in [1.82, 2.24) is 25.3 Å². The second-order valence-electron chi connectivity index (χ2n) is 10.8. The third-order valence-corrected chi connectivity index (χ3v) is 6.66. The van der Waals surface area contributed by atoms with Gasteiger partial charge in [-0.2, -0.15) is 9.97 Å². The van der Waals surface area contributed by atoms with Crippen LogP contribution in [0.5, 0.6) is 6.01 Å². The van der Waals surface area contributed by atoms with Crippen molar-refractivity contribution in [3.63, 3.8) is 0 Å². The van der Waals surface area contributed by atoms with Crippen LogP contribution in [0.25, 0.3) is 10.9 Å².